The first-order valence-electron chi connectivity index (χ1n) is 7.02. The Kier molecular flexibility index (Phi) is 3.14. The summed E-state index contributed by atoms with van der Waals surface area (Å²) in [6, 6.07) is 8.23. The van der Waals surface area contributed by atoms with Crippen LogP contribution in [0.1, 0.15) is 31.0 Å². The van der Waals surface area contributed by atoms with Crippen LogP contribution in [0, 0.1) is 6.92 Å². The zero-order valence-corrected chi connectivity index (χ0v) is 12.7. The molecule has 3 rings (SSSR count). The number of hydrogen-bond donors (Lipinski definition) is 2. The topological polar surface area (TPSA) is 62.0 Å². The number of benzene rings is 1. The largest absolute Gasteiger partial charge is 0.358 e. The molecule has 0 saturated heterocycles. The second-order valence-corrected chi connectivity index (χ2v) is 7.77. The van der Waals surface area contributed by atoms with Crippen molar-refractivity contribution in [2.75, 3.05) is 12.3 Å². The smallest absolute Gasteiger partial charge is 0.211 e. The minimum Gasteiger partial charge on any atom is -0.358 e. The number of aromatic nitrogens is 1. The molecule has 1 saturated carbocycles. The Morgan fingerprint density at radius 2 is 2.00 bits per heavy atom. The molecule has 4 nitrogen and oxygen atoms in total. The minimum absolute atomic E-state index is 0.0219. The molecule has 0 atom stereocenters. The number of para-hydroxylation sites is 1. The fourth-order valence-electron chi connectivity index (χ4n) is 2.98. The van der Waals surface area contributed by atoms with Crippen LogP contribution in [0.15, 0.2) is 24.3 Å². The average Bonchev–Trinajstić information content (AvgIpc) is 3.13. The highest BCUT2D eigenvalue weighted by molar-refractivity contribution is 7.89. The zero-order valence-electron chi connectivity index (χ0n) is 11.9. The molecular formula is C15H20N2O2S. The molecule has 1 heterocycles. The van der Waals surface area contributed by atoms with Crippen molar-refractivity contribution in [1.29, 1.82) is 0 Å². The predicted molar refractivity (Wildman–Crippen MR) is 81.4 cm³/mol. The molecule has 1 fully saturated rings. The lowest BCUT2D eigenvalue weighted by Gasteiger charge is -2.17. The summed E-state index contributed by atoms with van der Waals surface area (Å²) in [6.07, 6.45) is 2.09. The van der Waals surface area contributed by atoms with Crippen LogP contribution >= 0.6 is 0 Å². The van der Waals surface area contributed by atoms with Crippen molar-refractivity contribution < 1.29 is 8.42 Å². The molecule has 1 aromatic heterocycles. The summed E-state index contributed by atoms with van der Waals surface area (Å²) < 4.78 is 26.1. The van der Waals surface area contributed by atoms with Crippen molar-refractivity contribution in [3.63, 3.8) is 0 Å². The fraction of sp³-hybridized carbons (Fsp3) is 0.467. The Balaban J connectivity index is 1.96. The van der Waals surface area contributed by atoms with Crippen LogP contribution in [0.3, 0.4) is 0 Å². The molecule has 2 aromatic rings. The van der Waals surface area contributed by atoms with Crippen LogP contribution in [0.5, 0.6) is 0 Å². The van der Waals surface area contributed by atoms with Crippen molar-refractivity contribution in [3.05, 3.63) is 35.5 Å². The molecular weight excluding hydrogens is 272 g/mol. The van der Waals surface area contributed by atoms with E-state index in [1.54, 1.807) is 6.92 Å². The predicted octanol–water partition coefficient (Wildman–Crippen LogP) is 2.45. The molecule has 1 aliphatic rings. The van der Waals surface area contributed by atoms with Gasteiger partial charge >= 0.3 is 0 Å². The lowest BCUT2D eigenvalue weighted by atomic mass is 9.93. The van der Waals surface area contributed by atoms with Crippen LogP contribution < -0.4 is 4.72 Å². The SMILES string of the molecule is CCS(=O)(=O)NCC1(c2c(C)[nH]c3ccccc23)CC1. The quantitative estimate of drug-likeness (QED) is 0.889. The van der Waals surface area contributed by atoms with E-state index in [0.717, 1.165) is 24.1 Å². The van der Waals surface area contributed by atoms with E-state index in [9.17, 15) is 8.42 Å². The molecule has 0 radical (unpaired) electrons. The minimum atomic E-state index is -3.13. The van der Waals surface area contributed by atoms with Gasteiger partial charge in [0.2, 0.25) is 10.0 Å². The molecule has 2 N–H and O–H groups in total. The highest BCUT2D eigenvalue weighted by Gasteiger charge is 2.47. The van der Waals surface area contributed by atoms with Crippen molar-refractivity contribution in [3.8, 4) is 0 Å². The van der Waals surface area contributed by atoms with Gasteiger partial charge in [0, 0.05) is 28.6 Å². The summed E-state index contributed by atoms with van der Waals surface area (Å²) >= 11 is 0. The number of rotatable bonds is 5. The van der Waals surface area contributed by atoms with E-state index >= 15 is 0 Å². The monoisotopic (exact) mass is 292 g/mol. The lowest BCUT2D eigenvalue weighted by Crippen LogP contribution is -2.33. The van der Waals surface area contributed by atoms with Gasteiger partial charge in [0.15, 0.2) is 0 Å². The van der Waals surface area contributed by atoms with Crippen LogP contribution in [-0.4, -0.2) is 25.7 Å². The van der Waals surface area contributed by atoms with E-state index < -0.39 is 10.0 Å². The van der Waals surface area contributed by atoms with Crippen molar-refractivity contribution in [2.45, 2.75) is 32.1 Å². The van der Waals surface area contributed by atoms with E-state index in [1.165, 1.54) is 10.9 Å². The van der Waals surface area contributed by atoms with Crippen LogP contribution in [0.2, 0.25) is 0 Å². The van der Waals surface area contributed by atoms with E-state index in [2.05, 4.69) is 28.8 Å². The van der Waals surface area contributed by atoms with Crippen LogP contribution in [0.4, 0.5) is 0 Å². The summed E-state index contributed by atoms with van der Waals surface area (Å²) in [5.74, 6) is 0.135. The van der Waals surface area contributed by atoms with Crippen LogP contribution in [0.25, 0.3) is 10.9 Å². The van der Waals surface area contributed by atoms with Gasteiger partial charge in [-0.3, -0.25) is 0 Å². The highest BCUT2D eigenvalue weighted by Crippen LogP contribution is 2.51. The number of nitrogens with one attached hydrogen (secondary N) is 2. The van der Waals surface area contributed by atoms with Gasteiger partial charge in [-0.2, -0.15) is 0 Å². The maximum Gasteiger partial charge on any atom is 0.211 e. The first-order chi connectivity index (χ1) is 9.47. The maximum atomic E-state index is 11.7. The third-order valence-electron chi connectivity index (χ3n) is 4.29. The Hall–Kier alpha value is -1.33. The molecule has 1 aliphatic carbocycles. The number of fused-ring (bicyclic) bond motifs is 1. The normalized spacial score (nSPS) is 17.5. The van der Waals surface area contributed by atoms with Crippen molar-refractivity contribution in [2.24, 2.45) is 0 Å². The summed E-state index contributed by atoms with van der Waals surface area (Å²) in [7, 11) is -3.13. The molecule has 20 heavy (non-hydrogen) atoms. The van der Waals surface area contributed by atoms with Crippen molar-refractivity contribution >= 4 is 20.9 Å². The maximum absolute atomic E-state index is 11.7. The summed E-state index contributed by atoms with van der Waals surface area (Å²) in [5, 5.41) is 1.22. The highest BCUT2D eigenvalue weighted by atomic mass is 32.2. The number of sulfonamides is 1. The Labute approximate surface area is 119 Å². The van der Waals surface area contributed by atoms with E-state index in [4.69, 9.17) is 0 Å². The van der Waals surface area contributed by atoms with E-state index in [0.29, 0.717) is 6.54 Å². The summed E-state index contributed by atoms with van der Waals surface area (Å²) in [5.41, 5.74) is 3.54. The lowest BCUT2D eigenvalue weighted by molar-refractivity contribution is 0.568. The van der Waals surface area contributed by atoms with Gasteiger partial charge < -0.3 is 4.98 Å². The van der Waals surface area contributed by atoms with Gasteiger partial charge in [-0.25, -0.2) is 13.1 Å². The molecule has 5 heteroatoms. The van der Waals surface area contributed by atoms with Gasteiger partial charge in [-0.15, -0.1) is 0 Å². The summed E-state index contributed by atoms with van der Waals surface area (Å²) in [4.78, 5) is 3.41. The first kappa shape index (κ1) is 13.6. The van der Waals surface area contributed by atoms with Gasteiger partial charge in [0.1, 0.15) is 0 Å². The van der Waals surface area contributed by atoms with Gasteiger partial charge in [-0.1, -0.05) is 18.2 Å². The second-order valence-electron chi connectivity index (χ2n) is 5.68. The second kappa shape index (κ2) is 4.60. The molecule has 0 spiro atoms. The van der Waals surface area contributed by atoms with Crippen molar-refractivity contribution in [1.82, 2.24) is 9.71 Å². The standard InChI is InChI=1S/C15H20N2O2S/c1-3-20(18,19)16-10-15(8-9-15)14-11(2)17-13-7-5-4-6-12(13)14/h4-7,16-17H,3,8-10H2,1-2H3. The van der Waals surface area contributed by atoms with Crippen LogP contribution in [-0.2, 0) is 15.4 Å². The van der Waals surface area contributed by atoms with E-state index in [-0.39, 0.29) is 11.2 Å². The Morgan fingerprint density at radius 3 is 2.65 bits per heavy atom. The number of aryl methyl sites for hydroxylation is 1. The number of hydrogen-bond acceptors (Lipinski definition) is 2. The molecule has 0 amide bonds. The molecule has 1 aromatic carbocycles. The average molecular weight is 292 g/mol. The Morgan fingerprint density at radius 1 is 1.30 bits per heavy atom. The number of aromatic amines is 1. The van der Waals surface area contributed by atoms with Gasteiger partial charge in [-0.05, 0) is 38.3 Å². The molecule has 108 valence electrons. The summed E-state index contributed by atoms with van der Waals surface area (Å²) in [6.45, 7) is 4.24. The van der Waals surface area contributed by atoms with E-state index in [1.807, 2.05) is 12.1 Å². The third-order valence-corrected chi connectivity index (χ3v) is 5.63. The van der Waals surface area contributed by atoms with Gasteiger partial charge in [0.05, 0.1) is 5.75 Å². The first-order valence-corrected chi connectivity index (χ1v) is 8.68. The fourth-order valence-corrected chi connectivity index (χ4v) is 3.68. The Bertz CT molecular complexity index is 742. The number of H-pyrrole nitrogens is 1. The van der Waals surface area contributed by atoms with Gasteiger partial charge in [0.25, 0.3) is 0 Å². The third kappa shape index (κ3) is 2.25. The molecule has 0 unspecified atom stereocenters. The molecule has 0 bridgehead atoms. The molecule has 0 aliphatic heterocycles. The zero-order chi connectivity index (χ0) is 14.4.